The van der Waals surface area contributed by atoms with Crippen LogP contribution in [0, 0.1) is 0 Å². The summed E-state index contributed by atoms with van der Waals surface area (Å²) in [5.41, 5.74) is 1.08. The molecule has 1 unspecified atom stereocenters. The van der Waals surface area contributed by atoms with Crippen LogP contribution in [-0.4, -0.2) is 73.5 Å². The molecule has 2 aliphatic heterocycles. The molecule has 1 atom stereocenters. The number of carbonyl (C=O) groups excluding carboxylic acids is 3. The van der Waals surface area contributed by atoms with Gasteiger partial charge in [0.2, 0.25) is 5.91 Å². The molecule has 8 heteroatoms. The second-order valence-electron chi connectivity index (χ2n) is 6.78. The molecule has 2 heterocycles. The van der Waals surface area contributed by atoms with Gasteiger partial charge >= 0.3 is 6.03 Å². The van der Waals surface area contributed by atoms with Crippen LogP contribution in [-0.2, 0) is 9.59 Å². The highest BCUT2D eigenvalue weighted by molar-refractivity contribution is 6.06. The minimum atomic E-state index is -0.498. The van der Waals surface area contributed by atoms with Crippen molar-refractivity contribution in [2.24, 2.45) is 0 Å². The Balaban J connectivity index is 1.52. The molecule has 27 heavy (non-hydrogen) atoms. The average Bonchev–Trinajstić information content (AvgIpc) is 2.96. The van der Waals surface area contributed by atoms with Crippen molar-refractivity contribution in [2.75, 3.05) is 44.7 Å². The van der Waals surface area contributed by atoms with Gasteiger partial charge in [-0.15, -0.1) is 0 Å². The Kier molecular flexibility index (Phi) is 5.83. The molecular formula is C19H26N4O4. The van der Waals surface area contributed by atoms with Crippen LogP contribution in [0.1, 0.15) is 19.8 Å². The summed E-state index contributed by atoms with van der Waals surface area (Å²) in [6.45, 7) is 4.30. The normalized spacial score (nSPS) is 20.1. The van der Waals surface area contributed by atoms with E-state index < -0.39 is 12.1 Å². The third-order valence-electron chi connectivity index (χ3n) is 5.05. The summed E-state index contributed by atoms with van der Waals surface area (Å²) in [5, 5.41) is 2.65. The second-order valence-corrected chi connectivity index (χ2v) is 6.78. The summed E-state index contributed by atoms with van der Waals surface area (Å²) in [7, 11) is 1.63. The van der Waals surface area contributed by atoms with Gasteiger partial charge in [-0.3, -0.25) is 14.5 Å². The van der Waals surface area contributed by atoms with E-state index in [0.29, 0.717) is 32.6 Å². The van der Waals surface area contributed by atoms with E-state index in [0.717, 1.165) is 22.8 Å². The van der Waals surface area contributed by atoms with E-state index in [4.69, 9.17) is 4.74 Å². The lowest BCUT2D eigenvalue weighted by Crippen LogP contribution is -2.52. The maximum absolute atomic E-state index is 12.6. The quantitative estimate of drug-likeness (QED) is 0.753. The Labute approximate surface area is 159 Å². The highest BCUT2D eigenvalue weighted by atomic mass is 16.5. The highest BCUT2D eigenvalue weighted by Gasteiger charge is 2.39. The summed E-state index contributed by atoms with van der Waals surface area (Å²) in [4.78, 5) is 41.8. The maximum atomic E-state index is 12.6. The molecule has 0 saturated carbocycles. The number of hydrogen-bond donors (Lipinski definition) is 1. The topological polar surface area (TPSA) is 82.2 Å². The number of imide groups is 1. The van der Waals surface area contributed by atoms with Gasteiger partial charge in [0, 0.05) is 31.9 Å². The fraction of sp³-hybridized carbons (Fsp3) is 0.526. The molecule has 3 rings (SSSR count). The van der Waals surface area contributed by atoms with Crippen LogP contribution in [0.3, 0.4) is 0 Å². The summed E-state index contributed by atoms with van der Waals surface area (Å²) < 4.78 is 5.17. The molecule has 1 aromatic rings. The highest BCUT2D eigenvalue weighted by Crippen LogP contribution is 2.20. The molecule has 0 bridgehead atoms. The Morgan fingerprint density at radius 2 is 1.81 bits per heavy atom. The predicted octanol–water partition coefficient (Wildman–Crippen LogP) is 1.06. The summed E-state index contributed by atoms with van der Waals surface area (Å²) >= 11 is 0. The van der Waals surface area contributed by atoms with Gasteiger partial charge in [-0.2, -0.15) is 0 Å². The van der Waals surface area contributed by atoms with Crippen LogP contribution in [0.4, 0.5) is 10.5 Å². The van der Waals surface area contributed by atoms with Crippen molar-refractivity contribution in [3.8, 4) is 5.75 Å². The Hall–Kier alpha value is -2.77. The molecule has 8 nitrogen and oxygen atoms in total. The first kappa shape index (κ1) is 19.0. The van der Waals surface area contributed by atoms with Crippen LogP contribution in [0.25, 0.3) is 0 Å². The zero-order valence-electron chi connectivity index (χ0n) is 15.8. The van der Waals surface area contributed by atoms with Gasteiger partial charge in [-0.1, -0.05) is 13.3 Å². The first-order valence-corrected chi connectivity index (χ1v) is 9.32. The first-order chi connectivity index (χ1) is 13.0. The molecular weight excluding hydrogens is 348 g/mol. The second kappa shape index (κ2) is 8.28. The molecule has 1 aromatic carbocycles. The van der Waals surface area contributed by atoms with Gasteiger partial charge in [-0.25, -0.2) is 4.79 Å². The maximum Gasteiger partial charge on any atom is 0.325 e. The van der Waals surface area contributed by atoms with Crippen LogP contribution in [0.2, 0.25) is 0 Å². The van der Waals surface area contributed by atoms with E-state index in [1.54, 1.807) is 12.0 Å². The van der Waals surface area contributed by atoms with Crippen molar-refractivity contribution in [3.05, 3.63) is 24.3 Å². The Morgan fingerprint density at radius 3 is 2.41 bits per heavy atom. The van der Waals surface area contributed by atoms with E-state index >= 15 is 0 Å². The predicted molar refractivity (Wildman–Crippen MR) is 101 cm³/mol. The van der Waals surface area contributed by atoms with E-state index in [-0.39, 0.29) is 18.4 Å². The molecule has 2 saturated heterocycles. The zero-order chi connectivity index (χ0) is 19.4. The van der Waals surface area contributed by atoms with Crippen molar-refractivity contribution in [1.82, 2.24) is 15.1 Å². The Morgan fingerprint density at radius 1 is 1.15 bits per heavy atom. The number of methoxy groups -OCH3 is 1. The van der Waals surface area contributed by atoms with Gasteiger partial charge in [0.15, 0.2) is 0 Å². The lowest BCUT2D eigenvalue weighted by molar-refractivity contribution is -0.137. The van der Waals surface area contributed by atoms with Crippen LogP contribution in [0.15, 0.2) is 24.3 Å². The SMILES string of the molecule is CCCC1NC(=O)N(CC(=O)N2CCN(c3ccc(OC)cc3)CC2)C1=O. The van der Waals surface area contributed by atoms with E-state index in [1.807, 2.05) is 31.2 Å². The van der Waals surface area contributed by atoms with Gasteiger partial charge < -0.3 is 19.9 Å². The summed E-state index contributed by atoms with van der Waals surface area (Å²) in [6.07, 6.45) is 1.39. The van der Waals surface area contributed by atoms with Crippen molar-refractivity contribution >= 4 is 23.5 Å². The number of hydrogen-bond acceptors (Lipinski definition) is 5. The minimum Gasteiger partial charge on any atom is -0.497 e. The number of nitrogens with zero attached hydrogens (tertiary/aromatic N) is 3. The molecule has 1 N–H and O–H groups in total. The number of rotatable bonds is 6. The molecule has 0 spiro atoms. The van der Waals surface area contributed by atoms with Gasteiger partial charge in [0.05, 0.1) is 7.11 Å². The number of piperazine rings is 1. The number of ether oxygens (including phenoxy) is 1. The van der Waals surface area contributed by atoms with Crippen molar-refractivity contribution < 1.29 is 19.1 Å². The van der Waals surface area contributed by atoms with Crippen molar-refractivity contribution in [2.45, 2.75) is 25.8 Å². The molecule has 4 amide bonds. The van der Waals surface area contributed by atoms with Crippen LogP contribution >= 0.6 is 0 Å². The third-order valence-corrected chi connectivity index (χ3v) is 5.05. The number of carbonyl (C=O) groups is 3. The summed E-state index contributed by atoms with van der Waals surface area (Å²) in [6, 6.07) is 6.86. The van der Waals surface area contributed by atoms with Crippen LogP contribution in [0.5, 0.6) is 5.75 Å². The summed E-state index contributed by atoms with van der Waals surface area (Å²) in [5.74, 6) is 0.319. The lowest BCUT2D eigenvalue weighted by Gasteiger charge is -2.36. The smallest absolute Gasteiger partial charge is 0.325 e. The average molecular weight is 374 g/mol. The number of nitrogens with one attached hydrogen (secondary N) is 1. The standard InChI is InChI=1S/C19H26N4O4/c1-3-4-16-18(25)23(19(26)20-16)13-17(24)22-11-9-21(10-12-22)14-5-7-15(27-2)8-6-14/h5-8,16H,3-4,9-13H2,1-2H3,(H,20,26). The minimum absolute atomic E-state index is 0.187. The molecule has 2 fully saturated rings. The van der Waals surface area contributed by atoms with Crippen molar-refractivity contribution in [3.63, 3.8) is 0 Å². The monoisotopic (exact) mass is 374 g/mol. The third kappa shape index (κ3) is 4.15. The van der Waals surface area contributed by atoms with Crippen LogP contribution < -0.4 is 15.0 Å². The fourth-order valence-electron chi connectivity index (χ4n) is 3.45. The largest absolute Gasteiger partial charge is 0.497 e. The molecule has 0 radical (unpaired) electrons. The van der Waals surface area contributed by atoms with E-state index in [9.17, 15) is 14.4 Å². The Bertz CT molecular complexity index is 698. The van der Waals surface area contributed by atoms with E-state index in [2.05, 4.69) is 10.2 Å². The molecule has 2 aliphatic rings. The van der Waals surface area contributed by atoms with Gasteiger partial charge in [-0.05, 0) is 30.7 Å². The molecule has 0 aliphatic carbocycles. The molecule has 146 valence electrons. The number of benzene rings is 1. The van der Waals surface area contributed by atoms with E-state index in [1.165, 1.54) is 0 Å². The van der Waals surface area contributed by atoms with Gasteiger partial charge in [0.25, 0.3) is 5.91 Å². The number of amides is 4. The number of anilines is 1. The zero-order valence-corrected chi connectivity index (χ0v) is 15.8. The lowest BCUT2D eigenvalue weighted by atomic mass is 10.2. The first-order valence-electron chi connectivity index (χ1n) is 9.32. The van der Waals surface area contributed by atoms with Crippen molar-refractivity contribution in [1.29, 1.82) is 0 Å². The number of urea groups is 1. The van der Waals surface area contributed by atoms with Gasteiger partial charge in [0.1, 0.15) is 18.3 Å². The fourth-order valence-corrected chi connectivity index (χ4v) is 3.45. The molecule has 0 aromatic heterocycles.